The van der Waals surface area contributed by atoms with Crippen LogP contribution in [0.1, 0.15) is 20.8 Å². The predicted octanol–water partition coefficient (Wildman–Crippen LogP) is 1.10. The molecule has 1 unspecified atom stereocenters. The summed E-state index contributed by atoms with van der Waals surface area (Å²) < 4.78 is 4.84. The first-order chi connectivity index (χ1) is 5.57. The molecule has 0 saturated carbocycles. The maximum atomic E-state index is 11.1. The minimum absolute atomic E-state index is 0.0741. The zero-order chi connectivity index (χ0) is 9.56. The van der Waals surface area contributed by atoms with Crippen LogP contribution in [0.15, 0.2) is 11.6 Å². The molecule has 12 heavy (non-hydrogen) atoms. The van der Waals surface area contributed by atoms with E-state index in [-0.39, 0.29) is 12.0 Å². The Hall–Kier alpha value is -0.830. The zero-order valence-corrected chi connectivity index (χ0v) is 8.18. The van der Waals surface area contributed by atoms with Crippen LogP contribution >= 0.6 is 0 Å². The minimum atomic E-state index is -0.365. The van der Waals surface area contributed by atoms with E-state index < -0.39 is 0 Å². The Balaban J connectivity index is 3.65. The van der Waals surface area contributed by atoms with Crippen LogP contribution in [0.25, 0.3) is 0 Å². The van der Waals surface area contributed by atoms with Gasteiger partial charge in [-0.3, -0.25) is 4.79 Å². The van der Waals surface area contributed by atoms with Gasteiger partial charge >= 0.3 is 0 Å². The second kappa shape index (κ2) is 5.77. The van der Waals surface area contributed by atoms with Gasteiger partial charge in [-0.2, -0.15) is 0 Å². The molecule has 0 fully saturated rings. The smallest absolute Gasteiger partial charge is 0.249 e. The van der Waals surface area contributed by atoms with Crippen LogP contribution in [0.3, 0.4) is 0 Å². The SMILES string of the molecule is COC(C)C(=O)NCC=C(C)C. The average molecular weight is 171 g/mol. The molecule has 0 bridgehead atoms. The highest BCUT2D eigenvalue weighted by Crippen LogP contribution is 1.88. The lowest BCUT2D eigenvalue weighted by Crippen LogP contribution is -2.33. The van der Waals surface area contributed by atoms with Gasteiger partial charge in [-0.15, -0.1) is 0 Å². The third-order valence-corrected chi connectivity index (χ3v) is 1.51. The van der Waals surface area contributed by atoms with E-state index in [2.05, 4.69) is 5.32 Å². The lowest BCUT2D eigenvalue weighted by atomic mass is 10.3. The monoisotopic (exact) mass is 171 g/mol. The standard InChI is InChI=1S/C9H17NO2/c1-7(2)5-6-10-9(11)8(3)12-4/h5,8H,6H2,1-4H3,(H,10,11). The summed E-state index contributed by atoms with van der Waals surface area (Å²) in [6, 6.07) is 0. The zero-order valence-electron chi connectivity index (χ0n) is 8.18. The van der Waals surface area contributed by atoms with Crippen molar-refractivity contribution in [3.05, 3.63) is 11.6 Å². The van der Waals surface area contributed by atoms with Crippen molar-refractivity contribution in [2.45, 2.75) is 26.9 Å². The molecule has 0 spiro atoms. The van der Waals surface area contributed by atoms with E-state index in [9.17, 15) is 4.79 Å². The highest BCUT2D eigenvalue weighted by atomic mass is 16.5. The van der Waals surface area contributed by atoms with Gasteiger partial charge in [0.25, 0.3) is 0 Å². The number of ether oxygens (including phenoxy) is 1. The molecule has 0 saturated heterocycles. The van der Waals surface area contributed by atoms with Gasteiger partial charge in [0.2, 0.25) is 5.91 Å². The quantitative estimate of drug-likeness (QED) is 0.643. The minimum Gasteiger partial charge on any atom is -0.372 e. The number of methoxy groups -OCH3 is 1. The van der Waals surface area contributed by atoms with Crippen LogP contribution in [0.4, 0.5) is 0 Å². The van der Waals surface area contributed by atoms with Crippen molar-refractivity contribution >= 4 is 5.91 Å². The summed E-state index contributed by atoms with van der Waals surface area (Å²) >= 11 is 0. The molecule has 0 aliphatic heterocycles. The van der Waals surface area contributed by atoms with E-state index in [4.69, 9.17) is 4.74 Å². The van der Waals surface area contributed by atoms with Gasteiger partial charge < -0.3 is 10.1 Å². The second-order valence-corrected chi connectivity index (χ2v) is 2.90. The fraction of sp³-hybridized carbons (Fsp3) is 0.667. The van der Waals surface area contributed by atoms with E-state index in [1.807, 2.05) is 19.9 Å². The molecule has 0 aromatic rings. The number of rotatable bonds is 4. The summed E-state index contributed by atoms with van der Waals surface area (Å²) in [6.45, 7) is 6.28. The van der Waals surface area contributed by atoms with Gasteiger partial charge in [0.1, 0.15) is 6.10 Å². The van der Waals surface area contributed by atoms with E-state index in [1.54, 1.807) is 6.92 Å². The average Bonchev–Trinajstić information content (AvgIpc) is 2.02. The summed E-state index contributed by atoms with van der Waals surface area (Å²) in [6.07, 6.45) is 1.59. The van der Waals surface area contributed by atoms with Crippen molar-refractivity contribution in [2.75, 3.05) is 13.7 Å². The first-order valence-corrected chi connectivity index (χ1v) is 4.01. The Kier molecular flexibility index (Phi) is 5.37. The van der Waals surface area contributed by atoms with Crippen LogP contribution in [0.5, 0.6) is 0 Å². The van der Waals surface area contributed by atoms with E-state index in [0.29, 0.717) is 6.54 Å². The number of amides is 1. The van der Waals surface area contributed by atoms with Crippen molar-refractivity contribution in [1.82, 2.24) is 5.32 Å². The lowest BCUT2D eigenvalue weighted by Gasteiger charge is -2.08. The van der Waals surface area contributed by atoms with Crippen LogP contribution in [0, 0.1) is 0 Å². The molecular weight excluding hydrogens is 154 g/mol. The molecule has 0 aromatic heterocycles. The topological polar surface area (TPSA) is 38.3 Å². The van der Waals surface area contributed by atoms with Crippen LogP contribution in [-0.4, -0.2) is 25.7 Å². The Bertz CT molecular complexity index is 171. The highest BCUT2D eigenvalue weighted by Gasteiger charge is 2.08. The lowest BCUT2D eigenvalue weighted by molar-refractivity contribution is -0.129. The number of hydrogen-bond donors (Lipinski definition) is 1. The fourth-order valence-electron chi connectivity index (χ4n) is 0.607. The normalized spacial score (nSPS) is 12.0. The maximum Gasteiger partial charge on any atom is 0.249 e. The Labute approximate surface area is 73.8 Å². The van der Waals surface area contributed by atoms with Crippen molar-refractivity contribution < 1.29 is 9.53 Å². The summed E-state index contributed by atoms with van der Waals surface area (Å²) in [4.78, 5) is 11.1. The van der Waals surface area contributed by atoms with Crippen LogP contribution in [-0.2, 0) is 9.53 Å². The molecule has 1 atom stereocenters. The molecule has 0 aromatic carbocycles. The Morgan fingerprint density at radius 3 is 2.58 bits per heavy atom. The fourth-order valence-corrected chi connectivity index (χ4v) is 0.607. The van der Waals surface area contributed by atoms with Crippen molar-refractivity contribution in [3.63, 3.8) is 0 Å². The number of carbonyl (C=O) groups excluding carboxylic acids is 1. The van der Waals surface area contributed by atoms with Gasteiger partial charge in [-0.05, 0) is 20.8 Å². The van der Waals surface area contributed by atoms with Gasteiger partial charge in [-0.25, -0.2) is 0 Å². The van der Waals surface area contributed by atoms with Crippen molar-refractivity contribution in [1.29, 1.82) is 0 Å². The first-order valence-electron chi connectivity index (χ1n) is 4.01. The summed E-state index contributed by atoms with van der Waals surface area (Å²) in [5.74, 6) is -0.0741. The van der Waals surface area contributed by atoms with Gasteiger partial charge in [-0.1, -0.05) is 11.6 Å². The highest BCUT2D eigenvalue weighted by molar-refractivity contribution is 5.80. The molecule has 70 valence electrons. The molecule has 1 N–H and O–H groups in total. The van der Waals surface area contributed by atoms with E-state index in [1.165, 1.54) is 12.7 Å². The summed E-state index contributed by atoms with van der Waals surface area (Å²) in [7, 11) is 1.52. The van der Waals surface area contributed by atoms with Gasteiger partial charge in [0, 0.05) is 13.7 Å². The molecule has 0 aliphatic carbocycles. The third-order valence-electron chi connectivity index (χ3n) is 1.51. The number of carbonyl (C=O) groups is 1. The largest absolute Gasteiger partial charge is 0.372 e. The third kappa shape index (κ3) is 4.91. The molecule has 0 heterocycles. The molecule has 1 amide bonds. The van der Waals surface area contributed by atoms with E-state index >= 15 is 0 Å². The summed E-state index contributed by atoms with van der Waals surface area (Å²) in [5.41, 5.74) is 1.19. The number of allylic oxidation sites excluding steroid dienone is 1. The van der Waals surface area contributed by atoms with Crippen molar-refractivity contribution in [3.8, 4) is 0 Å². The van der Waals surface area contributed by atoms with Crippen LogP contribution in [0.2, 0.25) is 0 Å². The molecule has 0 rings (SSSR count). The maximum absolute atomic E-state index is 11.1. The molecule has 0 aliphatic rings. The number of nitrogens with one attached hydrogen (secondary N) is 1. The van der Waals surface area contributed by atoms with Crippen LogP contribution < -0.4 is 5.32 Å². The molecule has 0 radical (unpaired) electrons. The summed E-state index contributed by atoms with van der Waals surface area (Å²) in [5, 5.41) is 2.72. The predicted molar refractivity (Wildman–Crippen MR) is 48.9 cm³/mol. The first kappa shape index (κ1) is 11.2. The van der Waals surface area contributed by atoms with Gasteiger partial charge in [0.05, 0.1) is 0 Å². The molecule has 3 heteroatoms. The molecule has 3 nitrogen and oxygen atoms in total. The Morgan fingerprint density at radius 2 is 2.17 bits per heavy atom. The van der Waals surface area contributed by atoms with Gasteiger partial charge in [0.15, 0.2) is 0 Å². The van der Waals surface area contributed by atoms with Crippen molar-refractivity contribution in [2.24, 2.45) is 0 Å². The van der Waals surface area contributed by atoms with E-state index in [0.717, 1.165) is 0 Å². The number of hydrogen-bond acceptors (Lipinski definition) is 2. The Morgan fingerprint density at radius 1 is 1.58 bits per heavy atom. The molecular formula is C9H17NO2. The second-order valence-electron chi connectivity index (χ2n) is 2.90.